The summed E-state index contributed by atoms with van der Waals surface area (Å²) in [6, 6.07) is 13.4. The van der Waals surface area contributed by atoms with Gasteiger partial charge in [0.1, 0.15) is 5.75 Å². The number of rotatable bonds is 4. The van der Waals surface area contributed by atoms with Gasteiger partial charge in [0, 0.05) is 23.5 Å². The third kappa shape index (κ3) is 2.94. The summed E-state index contributed by atoms with van der Waals surface area (Å²) in [5.41, 5.74) is 9.51. The van der Waals surface area contributed by atoms with E-state index in [2.05, 4.69) is 24.4 Å². The minimum Gasteiger partial charge on any atom is -0.508 e. The van der Waals surface area contributed by atoms with E-state index < -0.39 is 0 Å². The highest BCUT2D eigenvalue weighted by atomic mass is 16.3. The normalized spacial score (nSPS) is 10.3. The molecule has 0 aliphatic rings. The summed E-state index contributed by atoms with van der Waals surface area (Å²) in [4.78, 5) is 0. The topological polar surface area (TPSA) is 58.3 Å². The van der Waals surface area contributed by atoms with Crippen molar-refractivity contribution < 1.29 is 5.11 Å². The number of nitrogen functional groups attached to an aromatic ring is 1. The van der Waals surface area contributed by atoms with Crippen molar-refractivity contribution in [1.29, 1.82) is 0 Å². The van der Waals surface area contributed by atoms with E-state index in [1.165, 1.54) is 5.56 Å². The summed E-state index contributed by atoms with van der Waals surface area (Å²) in [7, 11) is 0. The third-order valence-electron chi connectivity index (χ3n) is 2.92. The molecule has 0 fully saturated rings. The molecule has 0 heterocycles. The Morgan fingerprint density at radius 2 is 2.00 bits per heavy atom. The lowest BCUT2D eigenvalue weighted by Gasteiger charge is -2.10. The van der Waals surface area contributed by atoms with E-state index in [1.807, 2.05) is 12.1 Å². The fraction of sp³-hybridized carbons (Fsp3) is 0.200. The van der Waals surface area contributed by atoms with Crippen LogP contribution in [-0.4, -0.2) is 5.11 Å². The Hall–Kier alpha value is -2.16. The monoisotopic (exact) mass is 242 g/mol. The van der Waals surface area contributed by atoms with Gasteiger partial charge in [-0.15, -0.1) is 0 Å². The lowest BCUT2D eigenvalue weighted by atomic mass is 10.1. The van der Waals surface area contributed by atoms with E-state index in [-0.39, 0.29) is 5.75 Å². The molecule has 0 radical (unpaired) electrons. The van der Waals surface area contributed by atoms with Crippen LogP contribution in [0.1, 0.15) is 18.1 Å². The quantitative estimate of drug-likeness (QED) is 0.570. The average Bonchev–Trinajstić information content (AvgIpc) is 2.40. The number of hydrogen-bond donors (Lipinski definition) is 3. The number of aryl methyl sites for hydroxylation is 1. The molecule has 4 N–H and O–H groups in total. The molecule has 0 aromatic heterocycles. The molecule has 3 nitrogen and oxygen atoms in total. The zero-order chi connectivity index (χ0) is 13.0. The van der Waals surface area contributed by atoms with Crippen LogP contribution in [0.3, 0.4) is 0 Å². The summed E-state index contributed by atoms with van der Waals surface area (Å²) < 4.78 is 0. The lowest BCUT2D eigenvalue weighted by molar-refractivity contribution is 0.469. The molecule has 2 aromatic carbocycles. The molecule has 94 valence electrons. The number of anilines is 2. The fourth-order valence-corrected chi connectivity index (χ4v) is 1.85. The van der Waals surface area contributed by atoms with Gasteiger partial charge in [0.25, 0.3) is 0 Å². The molecule has 0 aliphatic carbocycles. The van der Waals surface area contributed by atoms with Crippen molar-refractivity contribution >= 4 is 11.4 Å². The fourth-order valence-electron chi connectivity index (χ4n) is 1.85. The highest BCUT2D eigenvalue weighted by Gasteiger charge is 2.01. The molecular weight excluding hydrogens is 224 g/mol. The third-order valence-corrected chi connectivity index (χ3v) is 2.92. The molecule has 0 saturated carbocycles. The van der Waals surface area contributed by atoms with Gasteiger partial charge in [-0.3, -0.25) is 0 Å². The van der Waals surface area contributed by atoms with E-state index >= 15 is 0 Å². The van der Waals surface area contributed by atoms with Crippen molar-refractivity contribution in [3.63, 3.8) is 0 Å². The maximum atomic E-state index is 9.72. The molecule has 0 aliphatic heterocycles. The number of nitrogens with one attached hydrogen (secondary N) is 1. The van der Waals surface area contributed by atoms with Crippen molar-refractivity contribution in [3.8, 4) is 5.75 Å². The van der Waals surface area contributed by atoms with Gasteiger partial charge in [-0.2, -0.15) is 0 Å². The highest BCUT2D eigenvalue weighted by Crippen LogP contribution is 2.21. The smallest absolute Gasteiger partial charge is 0.120 e. The van der Waals surface area contributed by atoms with Crippen LogP contribution >= 0.6 is 0 Å². The number of aromatic hydroxyl groups is 1. The van der Waals surface area contributed by atoms with Gasteiger partial charge in [-0.05, 0) is 42.3 Å². The van der Waals surface area contributed by atoms with Crippen LogP contribution in [-0.2, 0) is 13.0 Å². The van der Waals surface area contributed by atoms with E-state index in [9.17, 15) is 5.11 Å². The van der Waals surface area contributed by atoms with Gasteiger partial charge in [-0.1, -0.05) is 19.1 Å². The molecule has 0 saturated heterocycles. The molecule has 0 atom stereocenters. The minimum atomic E-state index is 0.267. The predicted molar refractivity (Wildman–Crippen MR) is 75.7 cm³/mol. The Morgan fingerprint density at radius 1 is 1.17 bits per heavy atom. The van der Waals surface area contributed by atoms with E-state index in [4.69, 9.17) is 5.73 Å². The second kappa shape index (κ2) is 5.45. The molecule has 2 rings (SSSR count). The van der Waals surface area contributed by atoms with Crippen molar-refractivity contribution in [2.75, 3.05) is 11.1 Å². The first-order chi connectivity index (χ1) is 8.69. The Balaban J connectivity index is 2.08. The molecule has 2 aromatic rings. The largest absolute Gasteiger partial charge is 0.508 e. The summed E-state index contributed by atoms with van der Waals surface area (Å²) in [5, 5.41) is 13.0. The van der Waals surface area contributed by atoms with Crippen molar-refractivity contribution in [2.24, 2.45) is 0 Å². The minimum absolute atomic E-state index is 0.267. The number of phenols is 1. The predicted octanol–water partition coefficient (Wildman–Crippen LogP) is 3.15. The first-order valence-corrected chi connectivity index (χ1v) is 6.09. The van der Waals surface area contributed by atoms with Crippen LogP contribution in [0.5, 0.6) is 5.75 Å². The van der Waals surface area contributed by atoms with E-state index in [1.54, 1.807) is 18.2 Å². The van der Waals surface area contributed by atoms with Crippen LogP contribution < -0.4 is 11.1 Å². The molecule has 0 bridgehead atoms. The second-order valence-electron chi connectivity index (χ2n) is 4.30. The molecule has 0 spiro atoms. The van der Waals surface area contributed by atoms with Gasteiger partial charge < -0.3 is 16.2 Å². The lowest BCUT2D eigenvalue weighted by Crippen LogP contribution is -2.01. The maximum absolute atomic E-state index is 9.72. The summed E-state index contributed by atoms with van der Waals surface area (Å²) in [6.45, 7) is 2.69. The van der Waals surface area contributed by atoms with Gasteiger partial charge in [0.15, 0.2) is 0 Å². The highest BCUT2D eigenvalue weighted by molar-refractivity contribution is 5.51. The second-order valence-corrected chi connectivity index (χ2v) is 4.30. The van der Waals surface area contributed by atoms with Gasteiger partial charge in [-0.25, -0.2) is 0 Å². The van der Waals surface area contributed by atoms with Crippen LogP contribution in [0.25, 0.3) is 0 Å². The Morgan fingerprint density at radius 3 is 2.78 bits per heavy atom. The van der Waals surface area contributed by atoms with Crippen LogP contribution in [0.2, 0.25) is 0 Å². The molecular formula is C15H18N2O. The standard InChI is InChI=1S/C15H18N2O/c1-2-11-4-3-5-14(8-11)17-10-12-9-13(16)6-7-15(12)18/h3-9,17-18H,2,10,16H2,1H3. The molecule has 3 heteroatoms. The zero-order valence-electron chi connectivity index (χ0n) is 10.5. The zero-order valence-corrected chi connectivity index (χ0v) is 10.5. The van der Waals surface area contributed by atoms with Crippen LogP contribution in [0.15, 0.2) is 42.5 Å². The van der Waals surface area contributed by atoms with E-state index in [0.29, 0.717) is 12.2 Å². The average molecular weight is 242 g/mol. The maximum Gasteiger partial charge on any atom is 0.120 e. The van der Waals surface area contributed by atoms with Crippen molar-refractivity contribution in [3.05, 3.63) is 53.6 Å². The van der Waals surface area contributed by atoms with Gasteiger partial charge >= 0.3 is 0 Å². The van der Waals surface area contributed by atoms with E-state index in [0.717, 1.165) is 17.7 Å². The molecule has 18 heavy (non-hydrogen) atoms. The first kappa shape index (κ1) is 12.3. The first-order valence-electron chi connectivity index (χ1n) is 6.09. The van der Waals surface area contributed by atoms with Crippen molar-refractivity contribution in [2.45, 2.75) is 19.9 Å². The summed E-state index contributed by atoms with van der Waals surface area (Å²) in [5.74, 6) is 0.267. The Bertz CT molecular complexity index is 538. The van der Waals surface area contributed by atoms with Gasteiger partial charge in [0.05, 0.1) is 0 Å². The number of hydrogen-bond acceptors (Lipinski definition) is 3. The molecule has 0 unspecified atom stereocenters. The number of benzene rings is 2. The Labute approximate surface area is 107 Å². The van der Waals surface area contributed by atoms with Crippen LogP contribution in [0, 0.1) is 0 Å². The molecule has 0 amide bonds. The SMILES string of the molecule is CCc1cccc(NCc2cc(N)ccc2O)c1. The van der Waals surface area contributed by atoms with Gasteiger partial charge in [0.2, 0.25) is 0 Å². The number of phenolic OH excluding ortho intramolecular Hbond substituents is 1. The summed E-state index contributed by atoms with van der Waals surface area (Å²) in [6.07, 6.45) is 1.01. The van der Waals surface area contributed by atoms with Crippen LogP contribution in [0.4, 0.5) is 11.4 Å². The summed E-state index contributed by atoms with van der Waals surface area (Å²) >= 11 is 0. The number of nitrogens with two attached hydrogens (primary N) is 1. The Kier molecular flexibility index (Phi) is 3.72. The van der Waals surface area contributed by atoms with Crippen molar-refractivity contribution in [1.82, 2.24) is 0 Å².